The number of nitrogens with zero attached hydrogens (tertiary/aromatic N) is 2. The Morgan fingerprint density at radius 1 is 1.00 bits per heavy atom. The molecule has 4 rings (SSSR count). The fourth-order valence-corrected chi connectivity index (χ4v) is 4.40. The second-order valence-corrected chi connectivity index (χ2v) is 9.53. The summed E-state index contributed by atoms with van der Waals surface area (Å²) in [6.45, 7) is 9.00. The van der Waals surface area contributed by atoms with Crippen LogP contribution in [0, 0.1) is 6.92 Å². The maximum Gasteiger partial charge on any atom is 0.217 e. The first-order valence-electron chi connectivity index (χ1n) is 11.9. The molecular weight excluding hydrogens is 408 g/mol. The van der Waals surface area contributed by atoms with Crippen molar-refractivity contribution >= 4 is 5.90 Å². The molecule has 2 aromatic carbocycles. The van der Waals surface area contributed by atoms with Gasteiger partial charge in [-0.3, -0.25) is 4.98 Å². The van der Waals surface area contributed by atoms with Crippen molar-refractivity contribution in [3.05, 3.63) is 88.7 Å². The van der Waals surface area contributed by atoms with Gasteiger partial charge in [-0.1, -0.05) is 62.2 Å². The summed E-state index contributed by atoms with van der Waals surface area (Å²) in [4.78, 5) is 9.36. The van der Waals surface area contributed by atoms with Crippen LogP contribution < -0.4 is 0 Å². The molecule has 0 amide bonds. The Morgan fingerprint density at radius 2 is 1.73 bits per heavy atom. The van der Waals surface area contributed by atoms with E-state index in [1.807, 2.05) is 36.5 Å². The summed E-state index contributed by atoms with van der Waals surface area (Å²) in [5, 5.41) is 11.3. The standard InChI is InChI=1S/C29H34N2O2/c1-5-6-7-12-25-26(20(2)17-18-30-25)27(32)22-15-13-21(14-16-22)23-10-8-9-11-24(23)28-31-29(3,4)19-33-28/h8-11,13-18,27,32H,5-7,12,19H2,1-4H3. The van der Waals surface area contributed by atoms with Gasteiger partial charge in [-0.15, -0.1) is 0 Å². The zero-order valence-electron chi connectivity index (χ0n) is 20.1. The van der Waals surface area contributed by atoms with Crippen LogP contribution in [-0.2, 0) is 11.2 Å². The van der Waals surface area contributed by atoms with E-state index < -0.39 is 6.10 Å². The minimum absolute atomic E-state index is 0.202. The zero-order valence-corrected chi connectivity index (χ0v) is 20.1. The Kier molecular flexibility index (Phi) is 6.94. The molecule has 1 aliphatic heterocycles. The summed E-state index contributed by atoms with van der Waals surface area (Å²) in [7, 11) is 0. The number of aliphatic hydroxyl groups is 1. The number of pyridine rings is 1. The van der Waals surface area contributed by atoms with E-state index in [1.54, 1.807) is 0 Å². The highest BCUT2D eigenvalue weighted by atomic mass is 16.5. The molecule has 1 aliphatic rings. The normalized spacial score (nSPS) is 15.7. The van der Waals surface area contributed by atoms with E-state index in [4.69, 9.17) is 9.73 Å². The second-order valence-electron chi connectivity index (χ2n) is 9.53. The lowest BCUT2D eigenvalue weighted by atomic mass is 9.92. The molecule has 0 spiro atoms. The summed E-state index contributed by atoms with van der Waals surface area (Å²) >= 11 is 0. The van der Waals surface area contributed by atoms with Gasteiger partial charge >= 0.3 is 0 Å². The average Bonchev–Trinajstić information content (AvgIpc) is 3.18. The summed E-state index contributed by atoms with van der Waals surface area (Å²) in [5.74, 6) is 0.697. The lowest BCUT2D eigenvalue weighted by Gasteiger charge is -2.18. The molecule has 0 fully saturated rings. The van der Waals surface area contributed by atoms with E-state index in [-0.39, 0.29) is 5.54 Å². The molecule has 33 heavy (non-hydrogen) atoms. The van der Waals surface area contributed by atoms with Crippen molar-refractivity contribution < 1.29 is 9.84 Å². The predicted octanol–water partition coefficient (Wildman–Crippen LogP) is 6.43. The van der Waals surface area contributed by atoms with Gasteiger partial charge in [-0.25, -0.2) is 4.99 Å². The Hall–Kier alpha value is -2.98. The van der Waals surface area contributed by atoms with Gasteiger partial charge in [0.15, 0.2) is 0 Å². The van der Waals surface area contributed by atoms with Crippen molar-refractivity contribution in [1.29, 1.82) is 0 Å². The third kappa shape index (κ3) is 5.17. The number of aryl methyl sites for hydroxylation is 2. The number of aliphatic hydroxyl groups excluding tert-OH is 1. The topological polar surface area (TPSA) is 54.7 Å². The highest BCUT2D eigenvalue weighted by Gasteiger charge is 2.28. The number of hydrogen-bond donors (Lipinski definition) is 1. The van der Waals surface area contributed by atoms with E-state index in [0.717, 1.165) is 51.9 Å². The van der Waals surface area contributed by atoms with Crippen LogP contribution in [-0.4, -0.2) is 28.1 Å². The minimum atomic E-state index is -0.692. The van der Waals surface area contributed by atoms with Gasteiger partial charge in [0.25, 0.3) is 0 Å². The van der Waals surface area contributed by atoms with E-state index in [9.17, 15) is 5.11 Å². The molecule has 1 N–H and O–H groups in total. The van der Waals surface area contributed by atoms with Gasteiger partial charge in [-0.2, -0.15) is 0 Å². The highest BCUT2D eigenvalue weighted by molar-refractivity contribution is 6.01. The molecule has 0 bridgehead atoms. The first-order chi connectivity index (χ1) is 15.9. The number of ether oxygens (including phenoxy) is 1. The van der Waals surface area contributed by atoms with E-state index in [0.29, 0.717) is 12.5 Å². The number of benzene rings is 2. The van der Waals surface area contributed by atoms with Crippen LogP contribution in [0.4, 0.5) is 0 Å². The van der Waals surface area contributed by atoms with Crippen molar-refractivity contribution in [2.45, 2.75) is 65.0 Å². The van der Waals surface area contributed by atoms with Gasteiger partial charge in [0.2, 0.25) is 5.90 Å². The Labute approximate surface area is 197 Å². The third-order valence-corrected chi connectivity index (χ3v) is 6.24. The lowest BCUT2D eigenvalue weighted by molar-refractivity contribution is 0.217. The predicted molar refractivity (Wildman–Crippen MR) is 135 cm³/mol. The van der Waals surface area contributed by atoms with Crippen molar-refractivity contribution in [3.8, 4) is 11.1 Å². The van der Waals surface area contributed by atoms with E-state index in [2.05, 4.69) is 56.9 Å². The van der Waals surface area contributed by atoms with Crippen LogP contribution in [0.1, 0.15) is 74.1 Å². The largest absolute Gasteiger partial charge is 0.475 e. The molecule has 1 aromatic heterocycles. The molecule has 4 nitrogen and oxygen atoms in total. The molecule has 0 aliphatic carbocycles. The highest BCUT2D eigenvalue weighted by Crippen LogP contribution is 2.32. The van der Waals surface area contributed by atoms with Crippen molar-refractivity contribution in [2.75, 3.05) is 6.61 Å². The Bertz CT molecular complexity index is 1130. The molecule has 0 saturated heterocycles. The molecule has 0 radical (unpaired) electrons. The monoisotopic (exact) mass is 442 g/mol. The number of unbranched alkanes of at least 4 members (excludes halogenated alkanes) is 2. The van der Waals surface area contributed by atoms with Gasteiger partial charge in [-0.05, 0) is 68.0 Å². The minimum Gasteiger partial charge on any atom is -0.475 e. The summed E-state index contributed by atoms with van der Waals surface area (Å²) in [6.07, 6.45) is 5.48. The third-order valence-electron chi connectivity index (χ3n) is 6.24. The molecule has 0 saturated carbocycles. The molecule has 2 heterocycles. The number of hydrogen-bond acceptors (Lipinski definition) is 4. The van der Waals surface area contributed by atoms with E-state index >= 15 is 0 Å². The molecule has 4 heteroatoms. The number of aliphatic imine (C=N–C) groups is 1. The zero-order chi connectivity index (χ0) is 23.4. The van der Waals surface area contributed by atoms with Gasteiger partial charge in [0.1, 0.15) is 12.7 Å². The summed E-state index contributed by atoms with van der Waals surface area (Å²) in [6, 6.07) is 18.3. The smallest absolute Gasteiger partial charge is 0.217 e. The number of aromatic nitrogens is 1. The van der Waals surface area contributed by atoms with Crippen LogP contribution in [0.5, 0.6) is 0 Å². The van der Waals surface area contributed by atoms with Gasteiger partial charge in [0.05, 0.1) is 5.54 Å². The van der Waals surface area contributed by atoms with E-state index in [1.165, 1.54) is 12.8 Å². The average molecular weight is 443 g/mol. The van der Waals surface area contributed by atoms with Crippen LogP contribution in [0.15, 0.2) is 65.8 Å². The Morgan fingerprint density at radius 3 is 2.39 bits per heavy atom. The quantitative estimate of drug-likeness (QED) is 0.409. The molecule has 1 atom stereocenters. The molecule has 1 unspecified atom stereocenters. The number of rotatable bonds is 8. The molecular formula is C29H34N2O2. The SMILES string of the molecule is CCCCCc1nccc(C)c1C(O)c1ccc(-c2ccccc2C2=NC(C)(C)CO2)cc1. The van der Waals surface area contributed by atoms with Crippen LogP contribution in [0.2, 0.25) is 0 Å². The first-order valence-corrected chi connectivity index (χ1v) is 11.9. The van der Waals surface area contributed by atoms with Crippen molar-refractivity contribution in [3.63, 3.8) is 0 Å². The fraction of sp³-hybridized carbons (Fsp3) is 0.379. The van der Waals surface area contributed by atoms with Crippen LogP contribution in [0.25, 0.3) is 11.1 Å². The summed E-state index contributed by atoms with van der Waals surface area (Å²) < 4.78 is 5.91. The molecule has 3 aromatic rings. The van der Waals surface area contributed by atoms with Gasteiger partial charge < -0.3 is 9.84 Å². The van der Waals surface area contributed by atoms with Crippen LogP contribution in [0.3, 0.4) is 0 Å². The first kappa shape index (κ1) is 23.2. The second kappa shape index (κ2) is 9.88. The van der Waals surface area contributed by atoms with Gasteiger partial charge in [0, 0.05) is 23.0 Å². The maximum atomic E-state index is 11.3. The fourth-order valence-electron chi connectivity index (χ4n) is 4.40. The van der Waals surface area contributed by atoms with Crippen molar-refractivity contribution in [2.24, 2.45) is 4.99 Å². The summed E-state index contributed by atoms with van der Waals surface area (Å²) in [5.41, 5.74) is 6.85. The Balaban J connectivity index is 1.62. The molecule has 172 valence electrons. The maximum absolute atomic E-state index is 11.3. The van der Waals surface area contributed by atoms with Crippen LogP contribution >= 0.6 is 0 Å². The van der Waals surface area contributed by atoms with Crippen molar-refractivity contribution in [1.82, 2.24) is 4.98 Å². The lowest BCUT2D eigenvalue weighted by Crippen LogP contribution is -2.17.